The Morgan fingerprint density at radius 2 is 1.72 bits per heavy atom. The fourth-order valence-corrected chi connectivity index (χ4v) is 2.76. The van der Waals surface area contributed by atoms with Crippen LogP contribution in [-0.2, 0) is 6.61 Å². The smallest absolute Gasteiger partial charge is 0.294 e. The van der Waals surface area contributed by atoms with Gasteiger partial charge in [-0.15, -0.1) is 0 Å². The number of aromatic nitrogens is 2. The molecular formula is C21H16N2O6. The minimum Gasteiger partial charge on any atom is -0.504 e. The second kappa shape index (κ2) is 7.89. The molecule has 1 aromatic carbocycles. The maximum Gasteiger partial charge on any atom is 0.294 e. The molecule has 0 aliphatic carbocycles. The van der Waals surface area contributed by atoms with E-state index in [9.17, 15) is 9.90 Å². The second-order valence-corrected chi connectivity index (χ2v) is 5.99. The fourth-order valence-electron chi connectivity index (χ4n) is 2.76. The second-order valence-electron chi connectivity index (χ2n) is 5.99. The van der Waals surface area contributed by atoms with Crippen molar-refractivity contribution in [3.8, 4) is 28.9 Å². The molecule has 8 heteroatoms. The minimum absolute atomic E-state index is 0.0276. The van der Waals surface area contributed by atoms with Crippen LogP contribution < -0.4 is 19.6 Å². The maximum absolute atomic E-state index is 12.6. The molecule has 4 aromatic rings. The largest absolute Gasteiger partial charge is 0.504 e. The number of hydrogen-bond donors (Lipinski definition) is 1. The van der Waals surface area contributed by atoms with E-state index in [1.807, 2.05) is 0 Å². The standard InChI is InChI=1S/C21H16N2O6/c1-26-21-17(27-12-13-2-6-22-7-3-13)11-16-19(20(21)25)15(24)10-18(29-16)28-14-4-8-23-9-5-14/h2-11,25H,12H2,1H3. The Kier molecular flexibility index (Phi) is 4.98. The van der Waals surface area contributed by atoms with Gasteiger partial charge in [-0.1, -0.05) is 0 Å². The molecule has 0 saturated heterocycles. The van der Waals surface area contributed by atoms with Crippen LogP contribution in [0.3, 0.4) is 0 Å². The zero-order valence-electron chi connectivity index (χ0n) is 15.4. The molecule has 0 aliphatic heterocycles. The maximum atomic E-state index is 12.6. The molecule has 0 atom stereocenters. The molecule has 146 valence electrons. The van der Waals surface area contributed by atoms with Crippen LogP contribution in [0.4, 0.5) is 0 Å². The summed E-state index contributed by atoms with van der Waals surface area (Å²) in [5.41, 5.74) is 0.495. The van der Waals surface area contributed by atoms with Crippen LogP contribution in [0.5, 0.6) is 28.9 Å². The van der Waals surface area contributed by atoms with E-state index in [1.165, 1.54) is 13.2 Å². The lowest BCUT2D eigenvalue weighted by molar-refractivity contribution is 0.277. The van der Waals surface area contributed by atoms with E-state index < -0.39 is 5.43 Å². The number of benzene rings is 1. The van der Waals surface area contributed by atoms with Crippen molar-refractivity contribution in [2.75, 3.05) is 7.11 Å². The van der Waals surface area contributed by atoms with E-state index in [1.54, 1.807) is 49.1 Å². The molecule has 4 rings (SSSR count). The monoisotopic (exact) mass is 392 g/mol. The van der Waals surface area contributed by atoms with Gasteiger partial charge in [0.15, 0.2) is 11.5 Å². The SMILES string of the molecule is COc1c(OCc2ccncc2)cc2oc(Oc3ccncc3)cc(=O)c2c1O. The van der Waals surface area contributed by atoms with Gasteiger partial charge in [0.2, 0.25) is 11.2 Å². The quantitative estimate of drug-likeness (QED) is 0.530. The first-order valence-electron chi connectivity index (χ1n) is 8.63. The molecule has 0 spiro atoms. The van der Waals surface area contributed by atoms with Gasteiger partial charge >= 0.3 is 0 Å². The molecule has 0 unspecified atom stereocenters. The van der Waals surface area contributed by atoms with E-state index in [0.29, 0.717) is 5.75 Å². The van der Waals surface area contributed by atoms with Gasteiger partial charge < -0.3 is 23.7 Å². The molecule has 1 N–H and O–H groups in total. The first-order chi connectivity index (χ1) is 14.2. The highest BCUT2D eigenvalue weighted by atomic mass is 16.6. The summed E-state index contributed by atoms with van der Waals surface area (Å²) >= 11 is 0. The summed E-state index contributed by atoms with van der Waals surface area (Å²) in [5, 5.41) is 10.5. The Balaban J connectivity index is 1.74. The third kappa shape index (κ3) is 3.81. The van der Waals surface area contributed by atoms with Crippen molar-refractivity contribution in [2.24, 2.45) is 0 Å². The summed E-state index contributed by atoms with van der Waals surface area (Å²) in [6.07, 6.45) is 6.40. The zero-order chi connectivity index (χ0) is 20.2. The summed E-state index contributed by atoms with van der Waals surface area (Å²) < 4.78 is 22.3. The van der Waals surface area contributed by atoms with E-state index in [2.05, 4.69) is 9.97 Å². The number of aromatic hydroxyl groups is 1. The Labute approximate surface area is 164 Å². The van der Waals surface area contributed by atoms with Crippen molar-refractivity contribution in [2.45, 2.75) is 6.61 Å². The predicted octanol–water partition coefficient (Wildman–Crippen LogP) is 3.67. The number of rotatable bonds is 6. The lowest BCUT2D eigenvalue weighted by atomic mass is 10.2. The third-order valence-corrected chi connectivity index (χ3v) is 4.11. The summed E-state index contributed by atoms with van der Waals surface area (Å²) in [6.45, 7) is 0.210. The molecular weight excluding hydrogens is 376 g/mol. The van der Waals surface area contributed by atoms with Gasteiger partial charge in [0.25, 0.3) is 5.95 Å². The highest BCUT2D eigenvalue weighted by molar-refractivity contribution is 5.88. The Hall–Kier alpha value is -4.07. The van der Waals surface area contributed by atoms with Crippen molar-refractivity contribution in [1.29, 1.82) is 0 Å². The Morgan fingerprint density at radius 1 is 1.03 bits per heavy atom. The average molecular weight is 392 g/mol. The number of phenolic OH excluding ortho intramolecular Hbond substituents is 1. The number of phenols is 1. The summed E-state index contributed by atoms with van der Waals surface area (Å²) in [6, 6.07) is 9.48. The Morgan fingerprint density at radius 3 is 2.41 bits per heavy atom. The molecule has 0 bridgehead atoms. The van der Waals surface area contributed by atoms with Gasteiger partial charge in [0, 0.05) is 30.9 Å². The van der Waals surface area contributed by atoms with Crippen LogP contribution in [0.1, 0.15) is 5.56 Å². The van der Waals surface area contributed by atoms with E-state index in [0.717, 1.165) is 11.6 Å². The minimum atomic E-state index is -0.480. The average Bonchev–Trinajstić information content (AvgIpc) is 2.73. The topological polar surface area (TPSA) is 104 Å². The molecule has 8 nitrogen and oxygen atoms in total. The third-order valence-electron chi connectivity index (χ3n) is 4.11. The van der Waals surface area contributed by atoms with Gasteiger partial charge in [-0.2, -0.15) is 0 Å². The highest BCUT2D eigenvalue weighted by Gasteiger charge is 2.20. The lowest BCUT2D eigenvalue weighted by Crippen LogP contribution is -2.04. The lowest BCUT2D eigenvalue weighted by Gasteiger charge is -2.14. The van der Waals surface area contributed by atoms with Crippen molar-refractivity contribution < 1.29 is 23.7 Å². The molecule has 3 heterocycles. The number of nitrogens with zero attached hydrogens (tertiary/aromatic N) is 2. The van der Waals surface area contributed by atoms with Crippen LogP contribution >= 0.6 is 0 Å². The van der Waals surface area contributed by atoms with Crippen molar-refractivity contribution in [1.82, 2.24) is 9.97 Å². The van der Waals surface area contributed by atoms with Crippen LogP contribution in [0.25, 0.3) is 11.0 Å². The first kappa shape index (κ1) is 18.3. The van der Waals surface area contributed by atoms with Crippen molar-refractivity contribution in [3.05, 3.63) is 77.0 Å². The normalized spacial score (nSPS) is 10.7. The van der Waals surface area contributed by atoms with E-state index >= 15 is 0 Å². The number of pyridine rings is 2. The molecule has 0 amide bonds. The molecule has 0 radical (unpaired) electrons. The van der Waals surface area contributed by atoms with Gasteiger partial charge in [0.1, 0.15) is 23.3 Å². The van der Waals surface area contributed by atoms with Gasteiger partial charge in [-0.25, -0.2) is 0 Å². The van der Waals surface area contributed by atoms with Gasteiger partial charge in [-0.05, 0) is 29.8 Å². The molecule has 0 saturated carbocycles. The first-order valence-corrected chi connectivity index (χ1v) is 8.63. The van der Waals surface area contributed by atoms with Gasteiger partial charge in [-0.3, -0.25) is 14.8 Å². The van der Waals surface area contributed by atoms with Crippen LogP contribution in [-0.4, -0.2) is 22.2 Å². The molecule has 3 aromatic heterocycles. The highest BCUT2D eigenvalue weighted by Crippen LogP contribution is 2.42. The molecule has 0 aliphatic rings. The van der Waals surface area contributed by atoms with Crippen molar-refractivity contribution in [3.63, 3.8) is 0 Å². The number of methoxy groups -OCH3 is 1. The summed E-state index contributed by atoms with van der Waals surface area (Å²) in [7, 11) is 1.38. The van der Waals surface area contributed by atoms with Gasteiger partial charge in [0.05, 0.1) is 13.2 Å². The van der Waals surface area contributed by atoms with Crippen LogP contribution in [0, 0.1) is 0 Å². The van der Waals surface area contributed by atoms with E-state index in [-0.39, 0.29) is 40.8 Å². The summed E-state index contributed by atoms with van der Waals surface area (Å²) in [5.74, 6) is 0.326. The predicted molar refractivity (Wildman–Crippen MR) is 104 cm³/mol. The van der Waals surface area contributed by atoms with Crippen LogP contribution in [0.15, 0.2) is 70.4 Å². The molecule has 29 heavy (non-hydrogen) atoms. The number of hydrogen-bond acceptors (Lipinski definition) is 8. The molecule has 0 fully saturated rings. The number of fused-ring (bicyclic) bond motifs is 1. The fraction of sp³-hybridized carbons (Fsp3) is 0.0952. The van der Waals surface area contributed by atoms with Crippen LogP contribution in [0.2, 0.25) is 0 Å². The zero-order valence-corrected chi connectivity index (χ0v) is 15.4. The van der Waals surface area contributed by atoms with E-state index in [4.69, 9.17) is 18.6 Å². The number of ether oxygens (including phenoxy) is 3. The summed E-state index contributed by atoms with van der Waals surface area (Å²) in [4.78, 5) is 20.4. The van der Waals surface area contributed by atoms with Crippen molar-refractivity contribution >= 4 is 11.0 Å². The Bertz CT molecular complexity index is 1190.